The third kappa shape index (κ3) is 2.56. The Morgan fingerprint density at radius 3 is 2.71 bits per heavy atom. The monoisotopic (exact) mass is 300 g/mol. The standard InChI is InChI=1S/C13H8N4O3S/c18-13-12(9-3-1-2-4-10(9)21-13)16-15-11-6-5-8(7-14-11)17(19)20/h1-7,18H. The van der Waals surface area contributed by atoms with Crippen molar-refractivity contribution in [3.8, 4) is 5.06 Å². The predicted octanol–water partition coefficient (Wildman–Crippen LogP) is 4.33. The van der Waals surface area contributed by atoms with Crippen LogP contribution in [0.2, 0.25) is 0 Å². The molecule has 0 amide bonds. The Morgan fingerprint density at radius 1 is 1.19 bits per heavy atom. The third-order valence-corrected chi connectivity index (χ3v) is 3.71. The Bertz CT molecular complexity index is 842. The fourth-order valence-electron chi connectivity index (χ4n) is 1.76. The molecule has 0 spiro atoms. The SMILES string of the molecule is O=[N+]([O-])c1ccc(N=Nc2c(O)sc3ccccc23)nc1. The summed E-state index contributed by atoms with van der Waals surface area (Å²) >= 11 is 1.21. The summed E-state index contributed by atoms with van der Waals surface area (Å²) in [6.45, 7) is 0. The van der Waals surface area contributed by atoms with E-state index in [0.29, 0.717) is 5.69 Å². The quantitative estimate of drug-likeness (QED) is 0.442. The molecule has 1 N–H and O–H groups in total. The molecule has 0 aliphatic heterocycles. The molecule has 0 radical (unpaired) electrons. The lowest BCUT2D eigenvalue weighted by atomic mass is 10.2. The van der Waals surface area contributed by atoms with E-state index in [4.69, 9.17) is 0 Å². The average Bonchev–Trinajstić information content (AvgIpc) is 2.81. The van der Waals surface area contributed by atoms with Gasteiger partial charge in [-0.05, 0) is 12.1 Å². The largest absolute Gasteiger partial charge is 0.498 e. The molecule has 3 aromatic rings. The van der Waals surface area contributed by atoms with Crippen LogP contribution >= 0.6 is 11.3 Å². The molecule has 0 fully saturated rings. The van der Waals surface area contributed by atoms with Gasteiger partial charge in [-0.15, -0.1) is 10.2 Å². The van der Waals surface area contributed by atoms with Crippen molar-refractivity contribution < 1.29 is 10.0 Å². The van der Waals surface area contributed by atoms with E-state index in [-0.39, 0.29) is 16.6 Å². The van der Waals surface area contributed by atoms with Crippen molar-refractivity contribution in [1.29, 1.82) is 0 Å². The number of thiophene rings is 1. The van der Waals surface area contributed by atoms with Gasteiger partial charge in [-0.25, -0.2) is 4.98 Å². The maximum absolute atomic E-state index is 10.5. The summed E-state index contributed by atoms with van der Waals surface area (Å²) in [5.41, 5.74) is 0.258. The van der Waals surface area contributed by atoms with E-state index in [2.05, 4.69) is 15.2 Å². The van der Waals surface area contributed by atoms with Crippen LogP contribution in [0.25, 0.3) is 10.1 Å². The number of azo groups is 1. The van der Waals surface area contributed by atoms with Crippen LogP contribution in [0.5, 0.6) is 5.06 Å². The molecule has 0 atom stereocenters. The topological polar surface area (TPSA) is 101 Å². The number of pyridine rings is 1. The molecule has 0 saturated carbocycles. The summed E-state index contributed by atoms with van der Waals surface area (Å²) in [5, 5.41) is 29.2. The second-order valence-corrected chi connectivity index (χ2v) is 5.11. The van der Waals surface area contributed by atoms with Crippen molar-refractivity contribution in [3.63, 3.8) is 0 Å². The maximum Gasteiger partial charge on any atom is 0.287 e. The van der Waals surface area contributed by atoms with Crippen molar-refractivity contribution in [2.24, 2.45) is 10.2 Å². The summed E-state index contributed by atoms with van der Waals surface area (Å²) in [6.07, 6.45) is 1.11. The van der Waals surface area contributed by atoms with Crippen molar-refractivity contribution in [2.45, 2.75) is 0 Å². The van der Waals surface area contributed by atoms with Gasteiger partial charge in [0.2, 0.25) is 5.06 Å². The predicted molar refractivity (Wildman–Crippen MR) is 78.6 cm³/mol. The average molecular weight is 300 g/mol. The van der Waals surface area contributed by atoms with E-state index in [1.165, 1.54) is 23.5 Å². The van der Waals surface area contributed by atoms with Crippen LogP contribution in [0.3, 0.4) is 0 Å². The van der Waals surface area contributed by atoms with Crippen LogP contribution in [0.15, 0.2) is 52.8 Å². The second-order valence-electron chi connectivity index (χ2n) is 4.08. The summed E-state index contributed by atoms with van der Waals surface area (Å²) in [5.74, 6) is 0.232. The fraction of sp³-hybridized carbons (Fsp3) is 0. The highest BCUT2D eigenvalue weighted by Crippen LogP contribution is 2.43. The molecule has 104 valence electrons. The fourth-order valence-corrected chi connectivity index (χ4v) is 2.64. The minimum Gasteiger partial charge on any atom is -0.498 e. The van der Waals surface area contributed by atoms with Gasteiger partial charge in [0, 0.05) is 16.2 Å². The number of benzene rings is 1. The molecular weight excluding hydrogens is 292 g/mol. The highest BCUT2D eigenvalue weighted by atomic mass is 32.1. The molecule has 0 saturated heterocycles. The van der Waals surface area contributed by atoms with Crippen LogP contribution in [-0.4, -0.2) is 15.0 Å². The lowest BCUT2D eigenvalue weighted by Gasteiger charge is -1.93. The number of hydrogen-bond acceptors (Lipinski definition) is 7. The Hall–Kier alpha value is -2.87. The number of nitrogens with zero attached hydrogens (tertiary/aromatic N) is 4. The summed E-state index contributed by atoms with van der Waals surface area (Å²) < 4.78 is 0.903. The van der Waals surface area contributed by atoms with Crippen LogP contribution in [0.1, 0.15) is 0 Å². The second kappa shape index (κ2) is 5.25. The van der Waals surface area contributed by atoms with Gasteiger partial charge in [0.25, 0.3) is 5.69 Å². The number of hydrogen-bond donors (Lipinski definition) is 1. The summed E-state index contributed by atoms with van der Waals surface area (Å²) in [6, 6.07) is 10.1. The molecular formula is C13H8N4O3S. The van der Waals surface area contributed by atoms with Crippen LogP contribution < -0.4 is 0 Å². The van der Waals surface area contributed by atoms with Gasteiger partial charge in [-0.3, -0.25) is 10.1 Å². The van der Waals surface area contributed by atoms with E-state index in [9.17, 15) is 15.2 Å². The first-order chi connectivity index (χ1) is 10.1. The van der Waals surface area contributed by atoms with Crippen molar-refractivity contribution >= 4 is 38.6 Å². The summed E-state index contributed by atoms with van der Waals surface area (Å²) in [4.78, 5) is 13.8. The van der Waals surface area contributed by atoms with E-state index >= 15 is 0 Å². The molecule has 0 unspecified atom stereocenters. The van der Waals surface area contributed by atoms with Gasteiger partial charge in [-0.1, -0.05) is 29.5 Å². The molecule has 3 rings (SSSR count). The lowest BCUT2D eigenvalue weighted by molar-refractivity contribution is -0.385. The highest BCUT2D eigenvalue weighted by molar-refractivity contribution is 7.21. The van der Waals surface area contributed by atoms with Gasteiger partial charge in [0.15, 0.2) is 5.82 Å². The molecule has 8 heteroatoms. The number of nitro groups is 1. The molecule has 2 heterocycles. The lowest BCUT2D eigenvalue weighted by Crippen LogP contribution is -1.87. The first-order valence-electron chi connectivity index (χ1n) is 5.88. The van der Waals surface area contributed by atoms with Gasteiger partial charge >= 0.3 is 0 Å². The van der Waals surface area contributed by atoms with Crippen LogP contribution in [0, 0.1) is 10.1 Å². The minimum absolute atomic E-state index is 0.0712. The van der Waals surface area contributed by atoms with Crippen molar-refractivity contribution in [1.82, 2.24) is 4.98 Å². The summed E-state index contributed by atoms with van der Waals surface area (Å²) in [7, 11) is 0. The molecule has 2 aromatic heterocycles. The van der Waals surface area contributed by atoms with Crippen LogP contribution in [-0.2, 0) is 0 Å². The number of fused-ring (bicyclic) bond motifs is 1. The molecule has 7 nitrogen and oxygen atoms in total. The first-order valence-corrected chi connectivity index (χ1v) is 6.69. The van der Waals surface area contributed by atoms with Gasteiger partial charge in [0.05, 0.1) is 4.92 Å². The van der Waals surface area contributed by atoms with E-state index in [0.717, 1.165) is 16.3 Å². The minimum atomic E-state index is -0.536. The third-order valence-electron chi connectivity index (χ3n) is 2.75. The number of rotatable bonds is 3. The van der Waals surface area contributed by atoms with Gasteiger partial charge in [-0.2, -0.15) is 0 Å². The number of aromatic nitrogens is 1. The zero-order valence-corrected chi connectivity index (χ0v) is 11.3. The molecule has 21 heavy (non-hydrogen) atoms. The van der Waals surface area contributed by atoms with E-state index < -0.39 is 4.92 Å². The van der Waals surface area contributed by atoms with Crippen molar-refractivity contribution in [3.05, 3.63) is 52.7 Å². The Labute approximate surface area is 122 Å². The molecule has 0 aliphatic carbocycles. The maximum atomic E-state index is 10.5. The van der Waals surface area contributed by atoms with Crippen molar-refractivity contribution in [2.75, 3.05) is 0 Å². The van der Waals surface area contributed by atoms with E-state index in [1.54, 1.807) is 0 Å². The normalized spacial score (nSPS) is 11.2. The van der Waals surface area contributed by atoms with Gasteiger partial charge < -0.3 is 5.11 Å². The van der Waals surface area contributed by atoms with Gasteiger partial charge in [0.1, 0.15) is 11.9 Å². The zero-order valence-electron chi connectivity index (χ0n) is 10.5. The molecule has 1 aromatic carbocycles. The molecule has 0 bridgehead atoms. The highest BCUT2D eigenvalue weighted by Gasteiger charge is 2.10. The van der Waals surface area contributed by atoms with E-state index in [1.807, 2.05) is 24.3 Å². The van der Waals surface area contributed by atoms with Crippen LogP contribution in [0.4, 0.5) is 17.2 Å². The zero-order chi connectivity index (χ0) is 14.8. The first kappa shape index (κ1) is 13.1. The number of aromatic hydroxyl groups is 1. The Balaban J connectivity index is 1.94. The Morgan fingerprint density at radius 2 is 2.00 bits per heavy atom. The Kier molecular flexibility index (Phi) is 3.28. The molecule has 0 aliphatic rings. The smallest absolute Gasteiger partial charge is 0.287 e.